The molecule has 0 saturated carbocycles. The van der Waals surface area contributed by atoms with Gasteiger partial charge >= 0.3 is 11.9 Å². The van der Waals surface area contributed by atoms with Crippen LogP contribution in [0.15, 0.2) is 42.6 Å². The largest absolute Gasteiger partial charge is 0.481 e. The number of carbonyl (C=O) groups is 5. The van der Waals surface area contributed by atoms with Crippen LogP contribution < -0.4 is 10.6 Å². The number of rotatable bonds is 11. The van der Waals surface area contributed by atoms with Gasteiger partial charge in [-0.05, 0) is 56.9 Å². The van der Waals surface area contributed by atoms with Crippen LogP contribution in [0.3, 0.4) is 0 Å². The van der Waals surface area contributed by atoms with Gasteiger partial charge in [-0.2, -0.15) is 10.2 Å². The third kappa shape index (κ3) is 8.17. The second-order valence-electron chi connectivity index (χ2n) is 13.0. The molecule has 14 heteroatoms. The quantitative estimate of drug-likeness (QED) is 0.204. The minimum absolute atomic E-state index is 0.0134. The first kappa shape index (κ1) is 34.1. The number of aromatic nitrogens is 4. The van der Waals surface area contributed by atoms with E-state index in [0.29, 0.717) is 25.9 Å². The molecule has 1 aliphatic rings. The number of aryl methyl sites for hydroxylation is 1. The van der Waals surface area contributed by atoms with Crippen LogP contribution in [0.1, 0.15) is 58.1 Å². The minimum atomic E-state index is -1.00. The number of esters is 1. The smallest absolute Gasteiger partial charge is 0.325 e. The van der Waals surface area contributed by atoms with Gasteiger partial charge in [-0.1, -0.05) is 24.3 Å². The van der Waals surface area contributed by atoms with Crippen molar-refractivity contribution in [3.8, 4) is 11.1 Å². The molecule has 1 fully saturated rings. The Labute approximate surface area is 277 Å². The van der Waals surface area contributed by atoms with Gasteiger partial charge in [0.15, 0.2) is 0 Å². The number of piperidine rings is 1. The number of aliphatic carboxylic acids is 1. The van der Waals surface area contributed by atoms with Crippen LogP contribution in [0.25, 0.3) is 32.9 Å². The normalized spacial score (nSPS) is 13.9. The van der Waals surface area contributed by atoms with Gasteiger partial charge in [-0.3, -0.25) is 33.3 Å². The third-order valence-corrected chi connectivity index (χ3v) is 8.24. The number of likely N-dealkylation sites (tertiary alicyclic amines) is 1. The molecular formula is C34H41N7O7. The van der Waals surface area contributed by atoms with E-state index in [2.05, 4.69) is 21.8 Å². The summed E-state index contributed by atoms with van der Waals surface area (Å²) in [4.78, 5) is 62.6. The first-order chi connectivity index (χ1) is 22.8. The fourth-order valence-electron chi connectivity index (χ4n) is 5.97. The van der Waals surface area contributed by atoms with E-state index in [1.807, 2.05) is 48.3 Å². The van der Waals surface area contributed by atoms with Crippen LogP contribution in [0.2, 0.25) is 0 Å². The predicted octanol–water partition coefficient (Wildman–Crippen LogP) is 2.73. The molecule has 1 aliphatic heterocycles. The summed E-state index contributed by atoms with van der Waals surface area (Å²) in [5.74, 6) is -2.73. The third-order valence-electron chi connectivity index (χ3n) is 8.24. The molecule has 4 aromatic rings. The van der Waals surface area contributed by atoms with Crippen molar-refractivity contribution in [1.82, 2.24) is 35.1 Å². The molecule has 2 aromatic heterocycles. The highest BCUT2D eigenvalue weighted by Crippen LogP contribution is 2.39. The Morgan fingerprint density at radius 3 is 2.40 bits per heavy atom. The number of hydrogen-bond donors (Lipinski definition) is 3. The van der Waals surface area contributed by atoms with Crippen molar-refractivity contribution in [2.45, 2.75) is 64.5 Å². The second-order valence-corrected chi connectivity index (χ2v) is 13.0. The molecule has 5 rings (SSSR count). The Balaban J connectivity index is 1.37. The number of hydrogen-bond acceptors (Lipinski definition) is 8. The molecule has 0 atom stereocenters. The number of carboxylic acid groups (broad SMARTS) is 1. The summed E-state index contributed by atoms with van der Waals surface area (Å²) in [6.45, 7) is 5.36. The highest BCUT2D eigenvalue weighted by atomic mass is 16.6. The maximum atomic E-state index is 13.1. The van der Waals surface area contributed by atoms with Gasteiger partial charge in [0.1, 0.15) is 18.7 Å². The van der Waals surface area contributed by atoms with Gasteiger partial charge in [0.2, 0.25) is 17.7 Å². The molecule has 0 radical (unpaired) electrons. The number of ether oxygens (including phenoxy) is 1. The highest BCUT2D eigenvalue weighted by Gasteiger charge is 2.29. The van der Waals surface area contributed by atoms with Crippen molar-refractivity contribution >= 4 is 51.5 Å². The summed E-state index contributed by atoms with van der Waals surface area (Å²) in [6.07, 6.45) is 2.83. The maximum Gasteiger partial charge on any atom is 0.325 e. The lowest BCUT2D eigenvalue weighted by atomic mass is 9.89. The van der Waals surface area contributed by atoms with Crippen LogP contribution >= 0.6 is 0 Å². The van der Waals surface area contributed by atoms with E-state index in [1.165, 1.54) is 0 Å². The van der Waals surface area contributed by atoms with E-state index in [1.54, 1.807) is 30.4 Å². The lowest BCUT2D eigenvalue weighted by Gasteiger charge is -2.31. The summed E-state index contributed by atoms with van der Waals surface area (Å²) in [5, 5.41) is 25.3. The second kappa shape index (κ2) is 14.2. The summed E-state index contributed by atoms with van der Waals surface area (Å²) < 4.78 is 8.64. The Hall–Kier alpha value is -5.27. The molecule has 0 bridgehead atoms. The molecule has 1 saturated heterocycles. The number of benzene rings is 2. The van der Waals surface area contributed by atoms with Gasteiger partial charge < -0.3 is 25.4 Å². The van der Waals surface area contributed by atoms with Gasteiger partial charge in [0.25, 0.3) is 0 Å². The predicted molar refractivity (Wildman–Crippen MR) is 177 cm³/mol. The number of carbonyl (C=O) groups excluding carboxylic acids is 4. The zero-order chi connectivity index (χ0) is 34.6. The fourth-order valence-corrected chi connectivity index (χ4v) is 5.97. The van der Waals surface area contributed by atoms with E-state index in [0.717, 1.165) is 38.6 Å². The molecule has 2 aromatic carbocycles. The molecule has 3 N–H and O–H groups in total. The summed E-state index contributed by atoms with van der Waals surface area (Å²) in [6, 6.07) is 12.0. The zero-order valence-corrected chi connectivity index (χ0v) is 27.6. The van der Waals surface area contributed by atoms with Crippen LogP contribution in [-0.4, -0.2) is 91.0 Å². The van der Waals surface area contributed by atoms with Crippen LogP contribution in [0.4, 0.5) is 0 Å². The van der Waals surface area contributed by atoms with Crippen molar-refractivity contribution < 1.29 is 33.8 Å². The molecule has 48 heavy (non-hydrogen) atoms. The maximum absolute atomic E-state index is 13.1. The van der Waals surface area contributed by atoms with Crippen molar-refractivity contribution in [2.75, 3.05) is 26.2 Å². The number of carboxylic acids is 1. The SMILES string of the molecule is Cn1ncc2ccc(-c3cccc4c3c(C3CCN(C(=O)CCC(=O)O)CC3)nn4CC(=O)NCC(=O)NCC(=O)OC(C)(C)C)cc21. The molecule has 3 amide bonds. The van der Waals surface area contributed by atoms with Gasteiger partial charge in [-0.15, -0.1) is 0 Å². The Bertz CT molecular complexity index is 1860. The topological polar surface area (TPSA) is 178 Å². The number of amides is 3. The first-order valence-corrected chi connectivity index (χ1v) is 16.0. The molecule has 254 valence electrons. The monoisotopic (exact) mass is 659 g/mol. The van der Waals surface area contributed by atoms with Gasteiger partial charge in [0, 0.05) is 43.2 Å². The first-order valence-electron chi connectivity index (χ1n) is 16.0. The Morgan fingerprint density at radius 1 is 0.958 bits per heavy atom. The standard InChI is InChI=1S/C34H41N7O7/c1-34(2,3)48-31(47)19-36-27(42)18-35-28(43)20-41-25-7-5-6-24(22-8-9-23-17-37-39(4)26(23)16-22)32(25)33(38-41)21-12-14-40(15-13-21)29(44)10-11-30(45)46/h5-9,16-17,21H,10-15,18-20H2,1-4H3,(H,35,43)(H,36,42)(H,45,46). The van der Waals surface area contributed by atoms with E-state index in [4.69, 9.17) is 14.9 Å². The molecule has 0 spiro atoms. The van der Waals surface area contributed by atoms with E-state index >= 15 is 0 Å². The molecule has 0 unspecified atom stereocenters. The van der Waals surface area contributed by atoms with Gasteiger partial charge in [-0.25, -0.2) is 0 Å². The summed E-state index contributed by atoms with van der Waals surface area (Å²) in [7, 11) is 1.89. The van der Waals surface area contributed by atoms with Crippen molar-refractivity contribution in [3.05, 3.63) is 48.3 Å². The molecular weight excluding hydrogens is 618 g/mol. The molecule has 3 heterocycles. The summed E-state index contributed by atoms with van der Waals surface area (Å²) >= 11 is 0. The van der Waals surface area contributed by atoms with Crippen molar-refractivity contribution in [1.29, 1.82) is 0 Å². The average molecular weight is 660 g/mol. The number of nitrogens with zero attached hydrogens (tertiary/aromatic N) is 5. The lowest BCUT2D eigenvalue weighted by Crippen LogP contribution is -2.41. The minimum Gasteiger partial charge on any atom is -0.481 e. The Kier molecular flexibility index (Phi) is 10.1. The molecule has 14 nitrogen and oxygen atoms in total. The summed E-state index contributed by atoms with van der Waals surface area (Å²) in [5.41, 5.74) is 3.76. The van der Waals surface area contributed by atoms with E-state index in [-0.39, 0.29) is 44.3 Å². The number of fused-ring (bicyclic) bond motifs is 2. The lowest BCUT2D eigenvalue weighted by molar-refractivity contribution is -0.154. The van der Waals surface area contributed by atoms with Crippen molar-refractivity contribution in [3.63, 3.8) is 0 Å². The fraction of sp³-hybridized carbons (Fsp3) is 0.441. The highest BCUT2D eigenvalue weighted by molar-refractivity contribution is 6.00. The van der Waals surface area contributed by atoms with Gasteiger partial charge in [0.05, 0.1) is 35.9 Å². The average Bonchev–Trinajstić information content (AvgIpc) is 3.60. The van der Waals surface area contributed by atoms with Crippen molar-refractivity contribution in [2.24, 2.45) is 7.05 Å². The van der Waals surface area contributed by atoms with Crippen LogP contribution in [-0.2, 0) is 42.3 Å². The zero-order valence-electron chi connectivity index (χ0n) is 27.6. The number of nitrogens with one attached hydrogen (secondary N) is 2. The Morgan fingerprint density at radius 2 is 1.69 bits per heavy atom. The molecule has 0 aliphatic carbocycles. The van der Waals surface area contributed by atoms with E-state index in [9.17, 15) is 24.0 Å². The van der Waals surface area contributed by atoms with Crippen LogP contribution in [0, 0.1) is 0 Å². The van der Waals surface area contributed by atoms with E-state index < -0.39 is 29.4 Å². The van der Waals surface area contributed by atoms with Crippen LogP contribution in [0.5, 0.6) is 0 Å².